The topological polar surface area (TPSA) is 87.3 Å². The van der Waals surface area contributed by atoms with E-state index in [1.54, 1.807) is 18.2 Å². The maximum Gasteiger partial charge on any atom is 0.323 e. The molecule has 1 aliphatic rings. The lowest BCUT2D eigenvalue weighted by Gasteiger charge is -2.11. The molecule has 0 radical (unpaired) electrons. The van der Waals surface area contributed by atoms with E-state index in [0.717, 1.165) is 0 Å². The molecular formula is C13H14N2O4. The van der Waals surface area contributed by atoms with Gasteiger partial charge in [0.05, 0.1) is 5.69 Å². The Labute approximate surface area is 109 Å². The number of H-pyrrole nitrogens is 2. The Kier molecular flexibility index (Phi) is 2.79. The minimum atomic E-state index is -0.900. The molecule has 0 fully saturated rings. The summed E-state index contributed by atoms with van der Waals surface area (Å²) < 4.78 is 10.5. The molecule has 100 valence electrons. The summed E-state index contributed by atoms with van der Waals surface area (Å²) in [5, 5.41) is 10.4. The van der Waals surface area contributed by atoms with E-state index in [0.29, 0.717) is 34.9 Å². The first-order valence-corrected chi connectivity index (χ1v) is 6.07. The van der Waals surface area contributed by atoms with Crippen LogP contribution in [0.15, 0.2) is 23.0 Å². The van der Waals surface area contributed by atoms with Gasteiger partial charge in [0.2, 0.25) is 6.79 Å². The van der Waals surface area contributed by atoms with Crippen molar-refractivity contribution in [3.8, 4) is 11.5 Å². The van der Waals surface area contributed by atoms with Crippen molar-refractivity contribution < 1.29 is 14.6 Å². The number of rotatable bonds is 3. The van der Waals surface area contributed by atoms with Gasteiger partial charge in [0.15, 0.2) is 11.5 Å². The number of aromatic nitrogens is 2. The zero-order chi connectivity index (χ0) is 13.4. The van der Waals surface area contributed by atoms with Gasteiger partial charge in [-0.15, -0.1) is 0 Å². The van der Waals surface area contributed by atoms with Crippen LogP contribution in [0, 0.1) is 0 Å². The predicted octanol–water partition coefficient (Wildman–Crippen LogP) is 1.08. The van der Waals surface area contributed by atoms with Crippen LogP contribution < -0.4 is 15.2 Å². The van der Waals surface area contributed by atoms with Crippen LogP contribution in [0.2, 0.25) is 0 Å². The number of aliphatic hydroxyl groups excluding tert-OH is 1. The fraction of sp³-hybridized carbons (Fsp3) is 0.308. The van der Waals surface area contributed by atoms with E-state index in [9.17, 15) is 9.90 Å². The van der Waals surface area contributed by atoms with Crippen molar-refractivity contribution in [2.45, 2.75) is 19.4 Å². The average Bonchev–Trinajstić information content (AvgIpc) is 3.02. The molecule has 0 bridgehead atoms. The molecule has 0 saturated heterocycles. The summed E-state index contributed by atoms with van der Waals surface area (Å²) in [5.41, 5.74) is 1.53. The summed E-state index contributed by atoms with van der Waals surface area (Å²) in [5.74, 6) is 1.27. The number of fused-ring (bicyclic) bond motifs is 1. The second-order valence-electron chi connectivity index (χ2n) is 4.34. The molecule has 1 unspecified atom stereocenters. The van der Waals surface area contributed by atoms with Crippen molar-refractivity contribution in [3.63, 3.8) is 0 Å². The molecule has 2 heterocycles. The van der Waals surface area contributed by atoms with E-state index in [-0.39, 0.29) is 12.5 Å². The van der Waals surface area contributed by atoms with Crippen LogP contribution >= 0.6 is 0 Å². The number of ether oxygens (including phenoxy) is 2. The standard InChI is InChI=1S/C13H14N2O4/c1-2-8-11(15-13(17)14-8)12(16)7-3-4-9-10(5-7)19-6-18-9/h3-5,12,16H,2,6H2,1H3,(H2,14,15,17). The van der Waals surface area contributed by atoms with Gasteiger partial charge in [-0.2, -0.15) is 0 Å². The Balaban J connectivity index is 1.99. The SMILES string of the molecule is CCc1[nH]c(=O)[nH]c1C(O)c1ccc2c(c1)OCO2. The van der Waals surface area contributed by atoms with Gasteiger partial charge < -0.3 is 24.5 Å². The first kappa shape index (κ1) is 11.9. The third-order valence-corrected chi connectivity index (χ3v) is 3.18. The van der Waals surface area contributed by atoms with Crippen LogP contribution in [0.3, 0.4) is 0 Å². The Morgan fingerprint density at radius 2 is 2.11 bits per heavy atom. The molecule has 6 nitrogen and oxygen atoms in total. The first-order valence-electron chi connectivity index (χ1n) is 6.07. The summed E-state index contributed by atoms with van der Waals surface area (Å²) in [7, 11) is 0. The molecule has 2 aromatic rings. The highest BCUT2D eigenvalue weighted by molar-refractivity contribution is 5.46. The van der Waals surface area contributed by atoms with Crippen LogP contribution in [0.25, 0.3) is 0 Å². The fourth-order valence-corrected chi connectivity index (χ4v) is 2.20. The Bertz CT molecular complexity index is 659. The molecule has 6 heteroatoms. The summed E-state index contributed by atoms with van der Waals surface area (Å²) in [6, 6.07) is 5.22. The molecule has 0 amide bonds. The van der Waals surface area contributed by atoms with E-state index in [2.05, 4.69) is 9.97 Å². The van der Waals surface area contributed by atoms with E-state index in [1.807, 2.05) is 6.92 Å². The summed E-state index contributed by atoms with van der Waals surface area (Å²) in [6.45, 7) is 2.10. The number of benzene rings is 1. The normalized spacial score (nSPS) is 14.6. The molecule has 0 saturated carbocycles. The van der Waals surface area contributed by atoms with Gasteiger partial charge in [0.25, 0.3) is 0 Å². The Morgan fingerprint density at radius 1 is 1.32 bits per heavy atom. The zero-order valence-electron chi connectivity index (χ0n) is 10.4. The second-order valence-corrected chi connectivity index (χ2v) is 4.34. The van der Waals surface area contributed by atoms with Gasteiger partial charge in [-0.25, -0.2) is 4.79 Å². The summed E-state index contributed by atoms with van der Waals surface area (Å²) >= 11 is 0. The van der Waals surface area contributed by atoms with Crippen LogP contribution in [0.5, 0.6) is 11.5 Å². The third kappa shape index (κ3) is 2.00. The molecule has 19 heavy (non-hydrogen) atoms. The lowest BCUT2D eigenvalue weighted by Crippen LogP contribution is -2.05. The number of hydrogen-bond donors (Lipinski definition) is 3. The monoisotopic (exact) mass is 262 g/mol. The van der Waals surface area contributed by atoms with Crippen molar-refractivity contribution >= 4 is 0 Å². The molecular weight excluding hydrogens is 248 g/mol. The Hall–Kier alpha value is -2.21. The van der Waals surface area contributed by atoms with Gasteiger partial charge >= 0.3 is 5.69 Å². The largest absolute Gasteiger partial charge is 0.454 e. The van der Waals surface area contributed by atoms with Crippen LogP contribution in [-0.2, 0) is 6.42 Å². The number of imidazole rings is 1. The number of aliphatic hydroxyl groups is 1. The number of hydrogen-bond acceptors (Lipinski definition) is 4. The van der Waals surface area contributed by atoms with Crippen molar-refractivity contribution in [2.24, 2.45) is 0 Å². The molecule has 1 atom stereocenters. The second kappa shape index (κ2) is 4.47. The predicted molar refractivity (Wildman–Crippen MR) is 67.4 cm³/mol. The van der Waals surface area contributed by atoms with Crippen LogP contribution in [0.4, 0.5) is 0 Å². The van der Waals surface area contributed by atoms with Crippen LogP contribution in [-0.4, -0.2) is 21.9 Å². The minimum Gasteiger partial charge on any atom is -0.454 e. The van der Waals surface area contributed by atoms with Crippen LogP contribution in [0.1, 0.15) is 30.0 Å². The van der Waals surface area contributed by atoms with Gasteiger partial charge in [-0.1, -0.05) is 13.0 Å². The maximum atomic E-state index is 11.3. The quantitative estimate of drug-likeness (QED) is 0.772. The summed E-state index contributed by atoms with van der Waals surface area (Å²) in [4.78, 5) is 16.6. The molecule has 1 aliphatic heterocycles. The first-order chi connectivity index (χ1) is 9.19. The smallest absolute Gasteiger partial charge is 0.323 e. The molecule has 0 spiro atoms. The highest BCUT2D eigenvalue weighted by atomic mass is 16.7. The van der Waals surface area contributed by atoms with Crippen molar-refractivity contribution in [1.82, 2.24) is 9.97 Å². The number of aromatic amines is 2. The van der Waals surface area contributed by atoms with E-state index >= 15 is 0 Å². The highest BCUT2D eigenvalue weighted by Crippen LogP contribution is 2.35. The lowest BCUT2D eigenvalue weighted by molar-refractivity contribution is 0.173. The van der Waals surface area contributed by atoms with Crippen molar-refractivity contribution in [3.05, 3.63) is 45.6 Å². The van der Waals surface area contributed by atoms with E-state index in [4.69, 9.17) is 9.47 Å². The molecule has 1 aromatic heterocycles. The van der Waals surface area contributed by atoms with Crippen molar-refractivity contribution in [2.75, 3.05) is 6.79 Å². The molecule has 3 rings (SSSR count). The zero-order valence-corrected chi connectivity index (χ0v) is 10.4. The van der Waals surface area contributed by atoms with Gasteiger partial charge in [0, 0.05) is 5.69 Å². The number of aryl methyl sites for hydroxylation is 1. The fourth-order valence-electron chi connectivity index (χ4n) is 2.20. The molecule has 0 aliphatic carbocycles. The molecule has 1 aromatic carbocycles. The lowest BCUT2D eigenvalue weighted by atomic mass is 10.0. The number of nitrogens with one attached hydrogen (secondary N) is 2. The average molecular weight is 262 g/mol. The van der Waals surface area contributed by atoms with Gasteiger partial charge in [0.1, 0.15) is 6.10 Å². The maximum absolute atomic E-state index is 11.3. The van der Waals surface area contributed by atoms with E-state index in [1.165, 1.54) is 0 Å². The van der Waals surface area contributed by atoms with Crippen molar-refractivity contribution in [1.29, 1.82) is 0 Å². The summed E-state index contributed by atoms with van der Waals surface area (Å²) in [6.07, 6.45) is -0.265. The Morgan fingerprint density at radius 3 is 2.89 bits per heavy atom. The minimum absolute atomic E-state index is 0.191. The third-order valence-electron chi connectivity index (χ3n) is 3.18. The van der Waals surface area contributed by atoms with Gasteiger partial charge in [-0.05, 0) is 24.1 Å². The van der Waals surface area contributed by atoms with E-state index < -0.39 is 6.10 Å². The molecule has 3 N–H and O–H groups in total. The highest BCUT2D eigenvalue weighted by Gasteiger charge is 2.20. The van der Waals surface area contributed by atoms with Gasteiger partial charge in [-0.3, -0.25) is 0 Å².